The quantitative estimate of drug-likeness (QED) is 0.873. The third-order valence-corrected chi connectivity index (χ3v) is 5.32. The molecule has 1 aromatic carbocycles. The fourth-order valence-electron chi connectivity index (χ4n) is 4.05. The van der Waals surface area contributed by atoms with E-state index in [2.05, 4.69) is 30.6 Å². The summed E-state index contributed by atoms with van der Waals surface area (Å²) in [5, 5.41) is 3.51. The summed E-state index contributed by atoms with van der Waals surface area (Å²) in [6.45, 7) is 0.838. The van der Waals surface area contributed by atoms with Crippen LogP contribution < -0.4 is 10.1 Å². The molecule has 3 heteroatoms. The molecule has 2 aliphatic rings. The number of ether oxygens (including phenoxy) is 2. The van der Waals surface area contributed by atoms with Gasteiger partial charge in [-0.05, 0) is 49.9 Å². The molecule has 1 N–H and O–H groups in total. The lowest BCUT2D eigenvalue weighted by atomic mass is 9.87. The summed E-state index contributed by atoms with van der Waals surface area (Å²) in [4.78, 5) is 0. The van der Waals surface area contributed by atoms with Crippen LogP contribution in [0.1, 0.15) is 43.2 Å². The van der Waals surface area contributed by atoms with Gasteiger partial charge in [-0.1, -0.05) is 25.0 Å². The zero-order chi connectivity index (χ0) is 14.7. The van der Waals surface area contributed by atoms with Crippen LogP contribution in [0.3, 0.4) is 0 Å². The van der Waals surface area contributed by atoms with E-state index in [0.717, 1.165) is 31.6 Å². The molecule has 21 heavy (non-hydrogen) atoms. The van der Waals surface area contributed by atoms with Gasteiger partial charge < -0.3 is 14.8 Å². The SMILES string of the molecule is CNC(CCc1ccc2c(c1)CCO2)C1(OC)CCCC1. The number of nitrogens with one attached hydrogen (secondary N) is 1. The predicted octanol–water partition coefficient (Wildman–Crippen LogP) is 3.10. The molecule has 3 nitrogen and oxygen atoms in total. The van der Waals surface area contributed by atoms with Crippen molar-refractivity contribution in [2.75, 3.05) is 20.8 Å². The molecule has 0 saturated heterocycles. The Bertz CT molecular complexity index is 480. The minimum absolute atomic E-state index is 0.0502. The summed E-state index contributed by atoms with van der Waals surface area (Å²) in [6.07, 6.45) is 8.25. The van der Waals surface area contributed by atoms with Crippen molar-refractivity contribution in [2.45, 2.75) is 56.6 Å². The maximum atomic E-state index is 5.93. The molecule has 1 fully saturated rings. The van der Waals surface area contributed by atoms with Crippen LogP contribution in [0.25, 0.3) is 0 Å². The average molecular weight is 289 g/mol. The second-order valence-electron chi connectivity index (χ2n) is 6.40. The lowest BCUT2D eigenvalue weighted by Gasteiger charge is -2.36. The minimum atomic E-state index is 0.0502. The first kappa shape index (κ1) is 14.9. The van der Waals surface area contributed by atoms with Crippen LogP contribution in [0.15, 0.2) is 18.2 Å². The van der Waals surface area contributed by atoms with E-state index in [1.54, 1.807) is 0 Å². The Kier molecular flexibility index (Phi) is 4.51. The molecule has 0 bridgehead atoms. The number of hydrogen-bond acceptors (Lipinski definition) is 3. The Hall–Kier alpha value is -1.06. The number of aryl methyl sites for hydroxylation is 1. The van der Waals surface area contributed by atoms with Crippen LogP contribution in [0.5, 0.6) is 5.75 Å². The lowest BCUT2D eigenvalue weighted by Crippen LogP contribution is -2.49. The Morgan fingerprint density at radius 2 is 2.14 bits per heavy atom. The molecule has 1 saturated carbocycles. The largest absolute Gasteiger partial charge is 0.493 e. The molecule has 0 radical (unpaired) electrons. The number of likely N-dealkylation sites (N-methyl/N-ethyl adjacent to an activating group) is 1. The van der Waals surface area contributed by atoms with Crippen molar-refractivity contribution in [1.29, 1.82) is 0 Å². The highest BCUT2D eigenvalue weighted by Crippen LogP contribution is 2.37. The number of benzene rings is 1. The van der Waals surface area contributed by atoms with Crippen molar-refractivity contribution in [3.8, 4) is 5.75 Å². The standard InChI is InChI=1S/C18H27NO2/c1-19-17(18(20-2)10-3-4-11-18)8-6-14-5-7-16-15(13-14)9-12-21-16/h5,7,13,17,19H,3-4,6,8-12H2,1-2H3. The summed E-state index contributed by atoms with van der Waals surface area (Å²) < 4.78 is 11.5. The molecule has 0 spiro atoms. The topological polar surface area (TPSA) is 30.5 Å². The second-order valence-corrected chi connectivity index (χ2v) is 6.40. The third-order valence-electron chi connectivity index (χ3n) is 5.32. The van der Waals surface area contributed by atoms with Crippen LogP contribution in [0.2, 0.25) is 0 Å². The van der Waals surface area contributed by atoms with Gasteiger partial charge in [0.1, 0.15) is 5.75 Å². The van der Waals surface area contributed by atoms with Crippen LogP contribution in [0.4, 0.5) is 0 Å². The molecule has 3 rings (SSSR count). The first-order valence-electron chi connectivity index (χ1n) is 8.24. The van der Waals surface area contributed by atoms with E-state index in [1.165, 1.54) is 36.8 Å². The molecule has 1 atom stereocenters. The van der Waals surface area contributed by atoms with E-state index in [4.69, 9.17) is 9.47 Å². The summed E-state index contributed by atoms with van der Waals surface area (Å²) in [7, 11) is 3.95. The van der Waals surface area contributed by atoms with Gasteiger partial charge >= 0.3 is 0 Å². The smallest absolute Gasteiger partial charge is 0.122 e. The van der Waals surface area contributed by atoms with Crippen molar-refractivity contribution in [3.05, 3.63) is 29.3 Å². The Morgan fingerprint density at radius 1 is 1.33 bits per heavy atom. The van der Waals surface area contributed by atoms with Crippen molar-refractivity contribution < 1.29 is 9.47 Å². The monoisotopic (exact) mass is 289 g/mol. The Balaban J connectivity index is 1.65. The van der Waals surface area contributed by atoms with E-state index < -0.39 is 0 Å². The number of fused-ring (bicyclic) bond motifs is 1. The van der Waals surface area contributed by atoms with Gasteiger partial charge in [-0.25, -0.2) is 0 Å². The summed E-state index contributed by atoms with van der Waals surface area (Å²) in [6, 6.07) is 7.11. The molecule has 1 aliphatic heterocycles. The van der Waals surface area contributed by atoms with E-state index >= 15 is 0 Å². The van der Waals surface area contributed by atoms with Gasteiger partial charge in [0.2, 0.25) is 0 Å². The highest BCUT2D eigenvalue weighted by molar-refractivity contribution is 5.39. The van der Waals surface area contributed by atoms with E-state index in [9.17, 15) is 0 Å². The van der Waals surface area contributed by atoms with E-state index in [0.29, 0.717) is 6.04 Å². The van der Waals surface area contributed by atoms with Crippen LogP contribution in [-0.2, 0) is 17.6 Å². The second kappa shape index (κ2) is 6.37. The van der Waals surface area contributed by atoms with Crippen molar-refractivity contribution >= 4 is 0 Å². The van der Waals surface area contributed by atoms with Gasteiger partial charge in [-0.15, -0.1) is 0 Å². The molecular formula is C18H27NO2. The fraction of sp³-hybridized carbons (Fsp3) is 0.667. The van der Waals surface area contributed by atoms with Gasteiger partial charge in [0, 0.05) is 19.6 Å². The number of hydrogen-bond donors (Lipinski definition) is 1. The Morgan fingerprint density at radius 3 is 2.86 bits per heavy atom. The van der Waals surface area contributed by atoms with Gasteiger partial charge in [0.05, 0.1) is 12.2 Å². The molecule has 1 heterocycles. The van der Waals surface area contributed by atoms with E-state index in [1.807, 2.05) is 7.11 Å². The van der Waals surface area contributed by atoms with Crippen molar-refractivity contribution in [3.63, 3.8) is 0 Å². The van der Waals surface area contributed by atoms with Crippen molar-refractivity contribution in [1.82, 2.24) is 5.32 Å². The molecule has 116 valence electrons. The normalized spacial score (nSPS) is 21.0. The van der Waals surface area contributed by atoms with Crippen LogP contribution in [0, 0.1) is 0 Å². The van der Waals surface area contributed by atoms with Crippen molar-refractivity contribution in [2.24, 2.45) is 0 Å². The average Bonchev–Trinajstić information content (AvgIpc) is 3.17. The predicted molar refractivity (Wildman–Crippen MR) is 85.0 cm³/mol. The highest BCUT2D eigenvalue weighted by atomic mass is 16.5. The highest BCUT2D eigenvalue weighted by Gasteiger charge is 2.40. The fourth-order valence-corrected chi connectivity index (χ4v) is 4.05. The molecular weight excluding hydrogens is 262 g/mol. The summed E-state index contributed by atoms with van der Waals surface area (Å²) in [5.74, 6) is 1.08. The molecule has 0 aromatic heterocycles. The molecule has 1 aliphatic carbocycles. The maximum Gasteiger partial charge on any atom is 0.122 e. The number of rotatable bonds is 6. The summed E-state index contributed by atoms with van der Waals surface area (Å²) >= 11 is 0. The van der Waals surface area contributed by atoms with Crippen LogP contribution >= 0.6 is 0 Å². The zero-order valence-electron chi connectivity index (χ0n) is 13.3. The van der Waals surface area contributed by atoms with Gasteiger partial charge in [-0.2, -0.15) is 0 Å². The Labute approximate surface area is 128 Å². The van der Waals surface area contributed by atoms with Gasteiger partial charge in [-0.3, -0.25) is 0 Å². The maximum absolute atomic E-state index is 5.93. The number of methoxy groups -OCH3 is 1. The first-order chi connectivity index (χ1) is 10.3. The molecule has 1 unspecified atom stereocenters. The zero-order valence-corrected chi connectivity index (χ0v) is 13.3. The van der Waals surface area contributed by atoms with Gasteiger partial charge in [0.25, 0.3) is 0 Å². The first-order valence-corrected chi connectivity index (χ1v) is 8.24. The van der Waals surface area contributed by atoms with E-state index in [-0.39, 0.29) is 5.60 Å². The third kappa shape index (κ3) is 2.95. The lowest BCUT2D eigenvalue weighted by molar-refractivity contribution is -0.0357. The van der Waals surface area contributed by atoms with Gasteiger partial charge in [0.15, 0.2) is 0 Å². The molecule has 0 amide bonds. The molecule has 1 aromatic rings. The minimum Gasteiger partial charge on any atom is -0.493 e. The van der Waals surface area contributed by atoms with Crippen LogP contribution in [-0.4, -0.2) is 32.4 Å². The summed E-state index contributed by atoms with van der Waals surface area (Å²) in [5.41, 5.74) is 2.84.